The summed E-state index contributed by atoms with van der Waals surface area (Å²) in [6.45, 7) is 5.36. The fourth-order valence-corrected chi connectivity index (χ4v) is 2.97. The van der Waals surface area contributed by atoms with Crippen LogP contribution < -0.4 is 15.4 Å². The average Bonchev–Trinajstić information content (AvgIpc) is 2.70. The second-order valence-electron chi connectivity index (χ2n) is 5.93. The molecular weight excluding hydrogens is 476 g/mol. The number of nitro groups is 2. The summed E-state index contributed by atoms with van der Waals surface area (Å²) >= 11 is 3.06. The molecule has 0 aromatic heterocycles. The lowest BCUT2D eigenvalue weighted by atomic mass is 10.2. The minimum Gasteiger partial charge on any atom is -0.495 e. The molecule has 2 aromatic rings. The van der Waals surface area contributed by atoms with Crippen LogP contribution in [0.3, 0.4) is 0 Å². The molecular formula is C18H17BrN6O6. The van der Waals surface area contributed by atoms with Crippen LogP contribution in [0.4, 0.5) is 34.1 Å². The number of nitro benzene ring substituents is 2. The Morgan fingerprint density at radius 3 is 2.45 bits per heavy atom. The molecule has 0 unspecified atom stereocenters. The summed E-state index contributed by atoms with van der Waals surface area (Å²) in [7, 11) is 1.44. The van der Waals surface area contributed by atoms with Crippen molar-refractivity contribution >= 4 is 56.0 Å². The molecule has 1 amide bonds. The molecule has 0 spiro atoms. The smallest absolute Gasteiger partial charge is 0.304 e. The average molecular weight is 493 g/mol. The van der Waals surface area contributed by atoms with Crippen molar-refractivity contribution < 1.29 is 19.4 Å². The minimum absolute atomic E-state index is 0.00876. The van der Waals surface area contributed by atoms with Crippen LogP contribution in [-0.4, -0.2) is 29.4 Å². The fourth-order valence-electron chi connectivity index (χ4n) is 2.45. The van der Waals surface area contributed by atoms with E-state index >= 15 is 0 Å². The zero-order chi connectivity index (χ0) is 23.1. The van der Waals surface area contributed by atoms with E-state index in [1.54, 1.807) is 12.1 Å². The Balaban J connectivity index is 2.61. The van der Waals surface area contributed by atoms with E-state index in [1.165, 1.54) is 20.1 Å². The zero-order valence-corrected chi connectivity index (χ0v) is 18.0. The fraction of sp³-hybridized carbons (Fsp3) is 0.167. The molecule has 0 bridgehead atoms. The highest BCUT2D eigenvalue weighted by molar-refractivity contribution is 9.10. The highest BCUT2D eigenvalue weighted by Crippen LogP contribution is 2.42. The van der Waals surface area contributed by atoms with Gasteiger partial charge in [0.2, 0.25) is 5.91 Å². The zero-order valence-electron chi connectivity index (χ0n) is 16.4. The molecule has 13 heteroatoms. The quantitative estimate of drug-likeness (QED) is 0.209. The maximum Gasteiger partial charge on any atom is 0.304 e. The number of anilines is 2. The molecule has 0 radical (unpaired) electrons. The van der Waals surface area contributed by atoms with E-state index in [2.05, 4.69) is 43.4 Å². The van der Waals surface area contributed by atoms with E-state index in [4.69, 9.17) is 4.74 Å². The Morgan fingerprint density at radius 1 is 1.19 bits per heavy atom. The predicted molar refractivity (Wildman–Crippen MR) is 118 cm³/mol. The number of rotatable bonds is 9. The number of nitrogens with zero attached hydrogens (tertiary/aromatic N) is 4. The molecule has 0 aliphatic carbocycles. The second-order valence-corrected chi connectivity index (χ2v) is 6.78. The topological polar surface area (TPSA) is 161 Å². The Bertz CT molecular complexity index is 1090. The van der Waals surface area contributed by atoms with Crippen LogP contribution in [0, 0.1) is 20.2 Å². The van der Waals surface area contributed by atoms with E-state index in [9.17, 15) is 25.0 Å². The SMILES string of the molecule is C=CCNc1cc(NC(C)=O)c(N=Nc2c(Br)cc([N+](=O)[O-])cc2[N+](=O)[O-])cc1OC. The summed E-state index contributed by atoms with van der Waals surface area (Å²) in [6.07, 6.45) is 1.64. The number of nitrogens with one attached hydrogen (secondary N) is 2. The van der Waals surface area contributed by atoms with Crippen LogP contribution in [0.15, 0.2) is 51.6 Å². The van der Waals surface area contributed by atoms with E-state index in [0.717, 1.165) is 12.1 Å². The summed E-state index contributed by atoms with van der Waals surface area (Å²) in [5.41, 5.74) is -0.345. The predicted octanol–water partition coefficient (Wildman–Crippen LogP) is 5.25. The minimum atomic E-state index is -0.802. The number of azo groups is 1. The van der Waals surface area contributed by atoms with Crippen molar-refractivity contribution in [1.29, 1.82) is 0 Å². The highest BCUT2D eigenvalue weighted by Gasteiger charge is 2.23. The lowest BCUT2D eigenvalue weighted by molar-refractivity contribution is -0.393. The van der Waals surface area contributed by atoms with Crippen molar-refractivity contribution in [3.63, 3.8) is 0 Å². The Morgan fingerprint density at radius 2 is 1.90 bits per heavy atom. The first kappa shape index (κ1) is 23.4. The van der Waals surface area contributed by atoms with Gasteiger partial charge in [-0.15, -0.1) is 16.8 Å². The molecule has 31 heavy (non-hydrogen) atoms. The van der Waals surface area contributed by atoms with Gasteiger partial charge in [-0.3, -0.25) is 25.0 Å². The van der Waals surface area contributed by atoms with Crippen LogP contribution in [0.1, 0.15) is 6.92 Å². The van der Waals surface area contributed by atoms with Crippen molar-refractivity contribution in [2.24, 2.45) is 10.2 Å². The molecule has 2 aromatic carbocycles. The molecule has 12 nitrogen and oxygen atoms in total. The van der Waals surface area contributed by atoms with Crippen LogP contribution >= 0.6 is 15.9 Å². The molecule has 0 fully saturated rings. The molecule has 0 atom stereocenters. The molecule has 0 aliphatic rings. The Kier molecular flexibility index (Phi) is 7.74. The van der Waals surface area contributed by atoms with Gasteiger partial charge >= 0.3 is 5.69 Å². The van der Waals surface area contributed by atoms with E-state index < -0.39 is 21.2 Å². The number of hydrogen-bond donors (Lipinski definition) is 2. The van der Waals surface area contributed by atoms with E-state index in [0.29, 0.717) is 18.0 Å². The molecule has 2 N–H and O–H groups in total. The van der Waals surface area contributed by atoms with Gasteiger partial charge < -0.3 is 15.4 Å². The monoisotopic (exact) mass is 492 g/mol. The van der Waals surface area contributed by atoms with E-state index in [1.807, 2.05) is 0 Å². The van der Waals surface area contributed by atoms with Crippen LogP contribution in [0.2, 0.25) is 0 Å². The van der Waals surface area contributed by atoms with E-state index in [-0.39, 0.29) is 27.4 Å². The number of methoxy groups -OCH3 is 1. The van der Waals surface area contributed by atoms with Crippen molar-refractivity contribution in [1.82, 2.24) is 0 Å². The number of ether oxygens (including phenoxy) is 1. The third kappa shape index (κ3) is 5.82. The van der Waals surface area contributed by atoms with Gasteiger partial charge in [0.05, 0.1) is 38.9 Å². The molecule has 2 rings (SSSR count). The van der Waals surface area contributed by atoms with Gasteiger partial charge in [-0.1, -0.05) is 6.08 Å². The van der Waals surface area contributed by atoms with Crippen molar-refractivity contribution in [3.05, 3.63) is 61.6 Å². The number of carbonyl (C=O) groups excluding carboxylic acids is 1. The number of halogens is 1. The molecule has 0 aliphatic heterocycles. The van der Waals surface area contributed by atoms with Crippen molar-refractivity contribution in [3.8, 4) is 5.75 Å². The first-order chi connectivity index (χ1) is 14.7. The summed E-state index contributed by atoms with van der Waals surface area (Å²) in [5, 5.41) is 35.9. The third-order valence-electron chi connectivity index (χ3n) is 3.76. The Hall–Kier alpha value is -3.87. The molecule has 0 heterocycles. The lowest BCUT2D eigenvalue weighted by Crippen LogP contribution is -2.07. The van der Waals surface area contributed by atoms with Gasteiger partial charge in [-0.2, -0.15) is 0 Å². The first-order valence-electron chi connectivity index (χ1n) is 8.56. The van der Waals surface area contributed by atoms with Crippen molar-refractivity contribution in [2.45, 2.75) is 6.92 Å². The lowest BCUT2D eigenvalue weighted by Gasteiger charge is -2.14. The summed E-state index contributed by atoms with van der Waals surface area (Å²) in [6, 6.07) is 4.92. The van der Waals surface area contributed by atoms with Gasteiger partial charge in [0.25, 0.3) is 5.69 Å². The second kappa shape index (κ2) is 10.2. The first-order valence-corrected chi connectivity index (χ1v) is 9.35. The molecule has 0 saturated carbocycles. The normalized spacial score (nSPS) is 10.5. The third-order valence-corrected chi connectivity index (χ3v) is 4.36. The summed E-state index contributed by atoms with van der Waals surface area (Å²) < 4.78 is 5.33. The van der Waals surface area contributed by atoms with Crippen molar-refractivity contribution in [2.75, 3.05) is 24.3 Å². The molecule has 162 valence electrons. The number of non-ortho nitro benzene ring substituents is 1. The number of hydrogen-bond acceptors (Lipinski definition) is 9. The highest BCUT2D eigenvalue weighted by atomic mass is 79.9. The van der Waals surface area contributed by atoms with Gasteiger partial charge in [0.1, 0.15) is 11.4 Å². The summed E-state index contributed by atoms with van der Waals surface area (Å²) in [4.78, 5) is 32.4. The van der Waals surface area contributed by atoms with Gasteiger partial charge in [-0.25, -0.2) is 0 Å². The maximum atomic E-state index is 11.6. The van der Waals surface area contributed by atoms with Gasteiger partial charge in [-0.05, 0) is 22.0 Å². The maximum absolute atomic E-state index is 11.6. The van der Waals surface area contributed by atoms with Gasteiger partial charge in [0, 0.05) is 25.6 Å². The van der Waals surface area contributed by atoms with Crippen LogP contribution in [0.25, 0.3) is 0 Å². The number of amides is 1. The standard InChI is InChI=1S/C18H17BrN6O6/c1-4-5-20-15-8-13(21-10(2)26)14(9-17(15)31-3)22-23-18-12(19)6-11(24(27)28)7-16(18)25(29)30/h4,6-9,20H,1,5H2,2-3H3,(H,21,26). The Labute approximate surface area is 184 Å². The summed E-state index contributed by atoms with van der Waals surface area (Å²) in [5.74, 6) is 0.000881. The van der Waals surface area contributed by atoms with Crippen LogP contribution in [-0.2, 0) is 4.79 Å². The number of benzene rings is 2. The molecule has 0 saturated heterocycles. The largest absolute Gasteiger partial charge is 0.495 e. The number of carbonyl (C=O) groups is 1. The van der Waals surface area contributed by atoms with Crippen LogP contribution in [0.5, 0.6) is 5.75 Å². The van der Waals surface area contributed by atoms with Gasteiger partial charge in [0.15, 0.2) is 5.69 Å².